The number of rotatable bonds is 4. The molecule has 1 saturated heterocycles. The van der Waals surface area contributed by atoms with Gasteiger partial charge in [-0.15, -0.1) is 5.10 Å². The molecule has 2 N–H and O–H groups in total. The topological polar surface area (TPSA) is 80.9 Å². The second-order valence-corrected chi connectivity index (χ2v) is 9.15. The summed E-state index contributed by atoms with van der Waals surface area (Å²) in [6.07, 6.45) is 8.30. The molecular weight excluding hydrogens is 376 g/mol. The molecule has 2 aliphatic rings. The Morgan fingerprint density at radius 1 is 1.03 bits per heavy atom. The minimum Gasteiger partial charge on any atom is -0.322 e. The lowest BCUT2D eigenvalue weighted by Crippen LogP contribution is -3.13. The van der Waals surface area contributed by atoms with Crippen molar-refractivity contribution in [2.24, 2.45) is 0 Å². The number of aryl methyl sites for hydroxylation is 2. The normalized spacial score (nSPS) is 19.5. The maximum absolute atomic E-state index is 13.3. The molecule has 3 heterocycles. The number of pyridine rings is 1. The minimum absolute atomic E-state index is 0.0187. The van der Waals surface area contributed by atoms with Gasteiger partial charge in [0.2, 0.25) is 5.82 Å². The second kappa shape index (κ2) is 7.95. The van der Waals surface area contributed by atoms with Crippen molar-refractivity contribution < 1.29 is 4.90 Å². The molecule has 1 saturated carbocycles. The smallest absolute Gasteiger partial charge is 0.258 e. The first kappa shape index (κ1) is 19.4. The molecule has 7 nitrogen and oxygen atoms in total. The van der Waals surface area contributed by atoms with Crippen molar-refractivity contribution in [3.8, 4) is 0 Å². The third kappa shape index (κ3) is 3.45. The summed E-state index contributed by atoms with van der Waals surface area (Å²) in [7, 11) is 0. The molecule has 1 aromatic carbocycles. The number of hydrogen-bond donors (Lipinski definition) is 2. The SMILES string of the molecule is Cc1cc2cc([C@H](c3nnnn3C3CCCC3)[NH+]3CCCCC3)c(=O)[nH]c2cc1C. The highest BCUT2D eigenvalue weighted by Gasteiger charge is 2.36. The molecule has 158 valence electrons. The van der Waals surface area contributed by atoms with E-state index in [9.17, 15) is 4.79 Å². The van der Waals surface area contributed by atoms with Crippen LogP contribution in [-0.4, -0.2) is 38.3 Å². The van der Waals surface area contributed by atoms with E-state index in [1.54, 1.807) is 0 Å². The van der Waals surface area contributed by atoms with E-state index in [1.165, 1.54) is 48.1 Å². The van der Waals surface area contributed by atoms with Crippen LogP contribution >= 0.6 is 0 Å². The average molecular weight is 408 g/mol. The van der Waals surface area contributed by atoms with Gasteiger partial charge in [-0.2, -0.15) is 0 Å². The summed E-state index contributed by atoms with van der Waals surface area (Å²) in [5, 5.41) is 14.0. The Kier molecular flexibility index (Phi) is 5.15. The molecule has 0 spiro atoms. The zero-order valence-electron chi connectivity index (χ0n) is 17.9. The van der Waals surface area contributed by atoms with Gasteiger partial charge in [-0.25, -0.2) is 4.68 Å². The number of H-pyrrole nitrogens is 1. The van der Waals surface area contributed by atoms with Crippen molar-refractivity contribution >= 4 is 10.9 Å². The number of quaternary nitrogens is 1. The molecule has 30 heavy (non-hydrogen) atoms. The van der Waals surface area contributed by atoms with Gasteiger partial charge in [-0.05, 0) is 91.1 Å². The summed E-state index contributed by atoms with van der Waals surface area (Å²) < 4.78 is 2.03. The van der Waals surface area contributed by atoms with Crippen molar-refractivity contribution in [2.75, 3.05) is 13.1 Å². The van der Waals surface area contributed by atoms with Crippen molar-refractivity contribution in [2.45, 2.75) is 70.9 Å². The van der Waals surface area contributed by atoms with Gasteiger partial charge in [0.1, 0.15) is 0 Å². The van der Waals surface area contributed by atoms with E-state index in [-0.39, 0.29) is 11.6 Å². The predicted molar refractivity (Wildman–Crippen MR) is 116 cm³/mol. The molecule has 0 radical (unpaired) electrons. The Hall–Kier alpha value is -2.54. The lowest BCUT2D eigenvalue weighted by atomic mass is 9.98. The summed E-state index contributed by atoms with van der Waals surface area (Å²) in [5.41, 5.74) is 4.09. The van der Waals surface area contributed by atoms with E-state index in [1.807, 2.05) is 4.68 Å². The quantitative estimate of drug-likeness (QED) is 0.696. The number of benzene rings is 1. The van der Waals surface area contributed by atoms with Crippen LogP contribution in [0.15, 0.2) is 23.0 Å². The molecule has 1 aliphatic carbocycles. The highest BCUT2D eigenvalue weighted by molar-refractivity contribution is 5.80. The Bertz CT molecular complexity index is 1100. The fourth-order valence-corrected chi connectivity index (χ4v) is 5.34. The van der Waals surface area contributed by atoms with Gasteiger partial charge in [0.05, 0.1) is 24.7 Å². The first-order valence-electron chi connectivity index (χ1n) is 11.4. The monoisotopic (exact) mass is 407 g/mol. The number of hydrogen-bond acceptors (Lipinski definition) is 4. The first-order valence-corrected chi connectivity index (χ1v) is 11.4. The highest BCUT2D eigenvalue weighted by Crippen LogP contribution is 2.31. The second-order valence-electron chi connectivity index (χ2n) is 9.15. The molecule has 2 fully saturated rings. The highest BCUT2D eigenvalue weighted by atomic mass is 16.1. The molecule has 0 amide bonds. The van der Waals surface area contributed by atoms with Crippen LogP contribution in [0.5, 0.6) is 0 Å². The van der Waals surface area contributed by atoms with E-state index in [0.29, 0.717) is 6.04 Å². The molecule has 5 rings (SSSR count). The van der Waals surface area contributed by atoms with E-state index >= 15 is 0 Å². The maximum Gasteiger partial charge on any atom is 0.258 e. The first-order chi connectivity index (χ1) is 14.6. The summed E-state index contributed by atoms with van der Waals surface area (Å²) in [6.45, 7) is 6.30. The van der Waals surface area contributed by atoms with Crippen molar-refractivity contribution in [3.05, 3.63) is 51.1 Å². The molecule has 0 unspecified atom stereocenters. The molecule has 7 heteroatoms. The van der Waals surface area contributed by atoms with Gasteiger partial charge in [-0.3, -0.25) is 4.79 Å². The Morgan fingerprint density at radius 2 is 1.77 bits per heavy atom. The summed E-state index contributed by atoms with van der Waals surface area (Å²) in [4.78, 5) is 17.9. The van der Waals surface area contributed by atoms with Gasteiger partial charge in [0.15, 0.2) is 6.04 Å². The number of nitrogens with one attached hydrogen (secondary N) is 2. The lowest BCUT2D eigenvalue weighted by Gasteiger charge is -2.31. The van der Waals surface area contributed by atoms with E-state index in [0.717, 1.165) is 48.2 Å². The van der Waals surface area contributed by atoms with E-state index in [4.69, 9.17) is 0 Å². The van der Waals surface area contributed by atoms with Crippen molar-refractivity contribution in [3.63, 3.8) is 0 Å². The molecular formula is C23H31N6O+. The maximum atomic E-state index is 13.3. The number of aromatic nitrogens is 5. The standard InChI is InChI=1S/C23H30N6O/c1-15-12-17-14-19(23(30)24-20(17)13-16(15)2)21(28-10-6-3-7-11-28)22-25-26-27-29(22)18-8-4-5-9-18/h12-14,18,21H,3-11H2,1-2H3,(H,24,30)/p+1/t21-/m1/s1. The van der Waals surface area contributed by atoms with Crippen molar-refractivity contribution in [1.82, 2.24) is 25.2 Å². The third-order valence-electron chi connectivity index (χ3n) is 7.15. The van der Waals surface area contributed by atoms with Crippen LogP contribution in [0.3, 0.4) is 0 Å². The number of likely N-dealkylation sites (tertiary alicyclic amines) is 1. The van der Waals surface area contributed by atoms with Crippen molar-refractivity contribution in [1.29, 1.82) is 0 Å². The zero-order valence-corrected chi connectivity index (χ0v) is 17.9. The van der Waals surface area contributed by atoms with Crippen LogP contribution in [0.2, 0.25) is 0 Å². The number of piperidine rings is 1. The van der Waals surface area contributed by atoms with Crippen LogP contribution in [0, 0.1) is 13.8 Å². The summed E-state index contributed by atoms with van der Waals surface area (Å²) in [5.74, 6) is 0.854. The largest absolute Gasteiger partial charge is 0.322 e. The number of fused-ring (bicyclic) bond motifs is 1. The van der Waals surface area contributed by atoms with Crippen LogP contribution in [0.1, 0.15) is 79.5 Å². The lowest BCUT2D eigenvalue weighted by molar-refractivity contribution is -0.931. The van der Waals surface area contributed by atoms with Crippen LogP contribution < -0.4 is 10.5 Å². The van der Waals surface area contributed by atoms with E-state index in [2.05, 4.69) is 52.6 Å². The third-order valence-corrected chi connectivity index (χ3v) is 7.15. The summed E-state index contributed by atoms with van der Waals surface area (Å²) >= 11 is 0. The number of tetrazole rings is 1. The van der Waals surface area contributed by atoms with E-state index < -0.39 is 0 Å². The fraction of sp³-hybridized carbons (Fsp3) is 0.565. The van der Waals surface area contributed by atoms with Crippen LogP contribution in [-0.2, 0) is 0 Å². The average Bonchev–Trinajstić information content (AvgIpc) is 3.43. The minimum atomic E-state index is -0.129. The van der Waals surface area contributed by atoms with Gasteiger partial charge >= 0.3 is 0 Å². The Balaban J connectivity index is 1.66. The molecule has 2 aromatic heterocycles. The number of aromatic amines is 1. The zero-order chi connectivity index (χ0) is 20.7. The Labute approximate surface area is 176 Å². The Morgan fingerprint density at radius 3 is 2.53 bits per heavy atom. The van der Waals surface area contributed by atoms with Crippen LogP contribution in [0.4, 0.5) is 0 Å². The van der Waals surface area contributed by atoms with Gasteiger partial charge < -0.3 is 9.88 Å². The van der Waals surface area contributed by atoms with Gasteiger partial charge in [0.25, 0.3) is 5.56 Å². The number of nitrogens with zero attached hydrogens (tertiary/aromatic N) is 4. The molecule has 3 aromatic rings. The van der Waals surface area contributed by atoms with Crippen LogP contribution in [0.25, 0.3) is 10.9 Å². The molecule has 1 atom stereocenters. The molecule has 1 aliphatic heterocycles. The molecule has 0 bridgehead atoms. The predicted octanol–water partition coefficient (Wildman–Crippen LogP) is 2.40. The summed E-state index contributed by atoms with van der Waals surface area (Å²) in [6, 6.07) is 6.55. The van der Waals surface area contributed by atoms with Gasteiger partial charge in [0, 0.05) is 5.52 Å². The fourth-order valence-electron chi connectivity index (χ4n) is 5.34. The van der Waals surface area contributed by atoms with Gasteiger partial charge in [-0.1, -0.05) is 12.8 Å².